The van der Waals surface area contributed by atoms with Gasteiger partial charge in [0, 0.05) is 13.2 Å². The van der Waals surface area contributed by atoms with Crippen LogP contribution in [-0.2, 0) is 16.8 Å². The van der Waals surface area contributed by atoms with Gasteiger partial charge in [-0.3, -0.25) is 4.79 Å². The molecule has 1 aromatic heterocycles. The molecule has 0 amide bonds. The van der Waals surface area contributed by atoms with E-state index in [1.807, 2.05) is 13.8 Å². The monoisotopic (exact) mass is 211 g/mol. The largest absolute Gasteiger partial charge is 0.383 e. The van der Waals surface area contributed by atoms with Crippen LogP contribution in [0.1, 0.15) is 19.5 Å². The van der Waals surface area contributed by atoms with Crippen molar-refractivity contribution in [3.63, 3.8) is 0 Å². The number of rotatable bonds is 4. The summed E-state index contributed by atoms with van der Waals surface area (Å²) < 4.78 is 6.26. The van der Waals surface area contributed by atoms with Crippen molar-refractivity contribution in [1.29, 1.82) is 0 Å². The summed E-state index contributed by atoms with van der Waals surface area (Å²) >= 11 is 0. The van der Waals surface area contributed by atoms with E-state index >= 15 is 0 Å². The second-order valence-electron chi connectivity index (χ2n) is 3.99. The molecule has 0 aliphatic heterocycles. The molecule has 2 N–H and O–H groups in total. The van der Waals surface area contributed by atoms with Crippen LogP contribution in [0.2, 0.25) is 0 Å². The Morgan fingerprint density at radius 3 is 2.73 bits per heavy atom. The summed E-state index contributed by atoms with van der Waals surface area (Å²) in [6.45, 7) is 4.60. The zero-order valence-electron chi connectivity index (χ0n) is 9.36. The third-order valence-corrected chi connectivity index (χ3v) is 2.03. The minimum absolute atomic E-state index is 0.139. The first-order valence-corrected chi connectivity index (χ1v) is 4.81. The Balaban J connectivity index is 3.01. The first-order valence-electron chi connectivity index (χ1n) is 4.81. The molecule has 0 atom stereocenters. The van der Waals surface area contributed by atoms with Crippen LogP contribution in [0.25, 0.3) is 0 Å². The van der Waals surface area contributed by atoms with E-state index in [1.54, 1.807) is 13.2 Å². The zero-order chi connectivity index (χ0) is 11.5. The fraction of sp³-hybridized carbons (Fsp3) is 0.600. The Hall–Kier alpha value is -1.20. The van der Waals surface area contributed by atoms with Gasteiger partial charge in [-0.25, -0.2) is 4.68 Å². The van der Waals surface area contributed by atoms with E-state index < -0.39 is 5.54 Å². The van der Waals surface area contributed by atoms with Gasteiger partial charge in [-0.1, -0.05) is 0 Å². The Kier molecular flexibility index (Phi) is 3.60. The number of hydrogen-bond donors (Lipinski definition) is 1. The van der Waals surface area contributed by atoms with Crippen molar-refractivity contribution >= 4 is 0 Å². The van der Waals surface area contributed by atoms with Crippen LogP contribution in [0.15, 0.2) is 16.9 Å². The molecule has 0 aliphatic rings. The number of methoxy groups -OCH3 is 1. The van der Waals surface area contributed by atoms with Gasteiger partial charge in [-0.15, -0.1) is 0 Å². The smallest absolute Gasteiger partial charge is 0.266 e. The van der Waals surface area contributed by atoms with Crippen LogP contribution < -0.4 is 11.3 Å². The van der Waals surface area contributed by atoms with E-state index in [0.717, 1.165) is 0 Å². The summed E-state index contributed by atoms with van der Waals surface area (Å²) in [6, 6.07) is 3.14. The maximum Gasteiger partial charge on any atom is 0.266 e. The molecule has 0 unspecified atom stereocenters. The Morgan fingerprint density at radius 1 is 1.53 bits per heavy atom. The van der Waals surface area contributed by atoms with Crippen LogP contribution >= 0.6 is 0 Å². The van der Waals surface area contributed by atoms with E-state index in [4.69, 9.17) is 10.5 Å². The van der Waals surface area contributed by atoms with Gasteiger partial charge < -0.3 is 10.5 Å². The molecule has 5 nitrogen and oxygen atoms in total. The number of hydrogen-bond acceptors (Lipinski definition) is 4. The van der Waals surface area contributed by atoms with Crippen LogP contribution in [0.3, 0.4) is 0 Å². The molecule has 0 spiro atoms. The molecule has 0 aliphatic carbocycles. The average Bonchev–Trinajstić information content (AvgIpc) is 2.15. The van der Waals surface area contributed by atoms with Crippen molar-refractivity contribution in [3.05, 3.63) is 28.2 Å². The van der Waals surface area contributed by atoms with E-state index in [2.05, 4.69) is 5.10 Å². The van der Waals surface area contributed by atoms with E-state index in [9.17, 15) is 4.79 Å². The molecular weight excluding hydrogens is 194 g/mol. The van der Waals surface area contributed by atoms with E-state index in [1.165, 1.54) is 10.7 Å². The maximum atomic E-state index is 11.4. The minimum atomic E-state index is -0.539. The Bertz CT molecular complexity index is 379. The van der Waals surface area contributed by atoms with Crippen LogP contribution in [0, 0.1) is 0 Å². The van der Waals surface area contributed by atoms with Gasteiger partial charge in [0.15, 0.2) is 0 Å². The molecule has 0 saturated heterocycles. The summed E-state index contributed by atoms with van der Waals surface area (Å²) in [4.78, 5) is 11.4. The molecule has 5 heteroatoms. The molecule has 1 heterocycles. The van der Waals surface area contributed by atoms with Crippen molar-refractivity contribution in [1.82, 2.24) is 9.78 Å². The minimum Gasteiger partial charge on any atom is -0.383 e. The standard InChI is InChI=1S/C10H17N3O2/c1-10(2,11)8-4-5-9(14)13(12-8)6-7-15-3/h4-5H,6-7,11H2,1-3H3. The van der Waals surface area contributed by atoms with Gasteiger partial charge in [0.05, 0.1) is 24.4 Å². The molecule has 0 fully saturated rings. The predicted octanol–water partition coefficient (Wildman–Crippen LogP) is 0.0835. The normalized spacial score (nSPS) is 11.7. The lowest BCUT2D eigenvalue weighted by atomic mass is 10.0. The third kappa shape index (κ3) is 3.14. The first kappa shape index (κ1) is 11.9. The van der Waals surface area contributed by atoms with E-state index in [0.29, 0.717) is 18.8 Å². The van der Waals surface area contributed by atoms with Gasteiger partial charge in [0.1, 0.15) is 0 Å². The highest BCUT2D eigenvalue weighted by atomic mass is 16.5. The van der Waals surface area contributed by atoms with Gasteiger partial charge in [0.2, 0.25) is 0 Å². The summed E-state index contributed by atoms with van der Waals surface area (Å²) in [7, 11) is 1.59. The highest BCUT2D eigenvalue weighted by molar-refractivity contribution is 5.09. The second kappa shape index (κ2) is 4.55. The van der Waals surface area contributed by atoms with Crippen LogP contribution in [-0.4, -0.2) is 23.5 Å². The number of ether oxygens (including phenoxy) is 1. The summed E-state index contributed by atoms with van der Waals surface area (Å²) in [5.74, 6) is 0. The predicted molar refractivity (Wildman–Crippen MR) is 57.6 cm³/mol. The molecule has 0 aromatic carbocycles. The van der Waals surface area contributed by atoms with Crippen molar-refractivity contribution in [3.8, 4) is 0 Å². The number of aromatic nitrogens is 2. The molecule has 0 radical (unpaired) electrons. The Labute approximate surface area is 88.9 Å². The second-order valence-corrected chi connectivity index (χ2v) is 3.99. The molecule has 84 valence electrons. The Morgan fingerprint density at radius 2 is 2.20 bits per heavy atom. The molecule has 1 rings (SSSR count). The van der Waals surface area contributed by atoms with Crippen molar-refractivity contribution in [2.45, 2.75) is 25.9 Å². The zero-order valence-corrected chi connectivity index (χ0v) is 9.36. The molecule has 15 heavy (non-hydrogen) atoms. The quantitative estimate of drug-likeness (QED) is 0.766. The fourth-order valence-electron chi connectivity index (χ4n) is 1.13. The molecule has 0 saturated carbocycles. The lowest BCUT2D eigenvalue weighted by Crippen LogP contribution is -2.34. The third-order valence-electron chi connectivity index (χ3n) is 2.03. The lowest BCUT2D eigenvalue weighted by Gasteiger charge is -2.18. The van der Waals surface area contributed by atoms with Crippen molar-refractivity contribution < 1.29 is 4.74 Å². The first-order chi connectivity index (χ1) is 6.95. The highest BCUT2D eigenvalue weighted by Gasteiger charge is 2.16. The number of nitrogens with two attached hydrogens (primary N) is 1. The molecule has 0 bridgehead atoms. The summed E-state index contributed by atoms with van der Waals surface area (Å²) in [6.07, 6.45) is 0. The molecular formula is C10H17N3O2. The summed E-state index contributed by atoms with van der Waals surface area (Å²) in [5, 5.41) is 4.18. The van der Waals surface area contributed by atoms with Gasteiger partial charge in [-0.05, 0) is 19.9 Å². The van der Waals surface area contributed by atoms with Gasteiger partial charge in [0.25, 0.3) is 5.56 Å². The van der Waals surface area contributed by atoms with Gasteiger partial charge >= 0.3 is 0 Å². The van der Waals surface area contributed by atoms with Crippen molar-refractivity contribution in [2.24, 2.45) is 5.73 Å². The topological polar surface area (TPSA) is 70.1 Å². The summed E-state index contributed by atoms with van der Waals surface area (Å²) in [5.41, 5.74) is 5.91. The van der Waals surface area contributed by atoms with E-state index in [-0.39, 0.29) is 5.56 Å². The van der Waals surface area contributed by atoms with Crippen LogP contribution in [0.5, 0.6) is 0 Å². The fourth-order valence-corrected chi connectivity index (χ4v) is 1.13. The van der Waals surface area contributed by atoms with Crippen molar-refractivity contribution in [2.75, 3.05) is 13.7 Å². The average molecular weight is 211 g/mol. The maximum absolute atomic E-state index is 11.4. The SMILES string of the molecule is COCCn1nc(C(C)(C)N)ccc1=O. The molecule has 1 aromatic rings. The highest BCUT2D eigenvalue weighted by Crippen LogP contribution is 2.11. The number of nitrogens with zero attached hydrogens (tertiary/aromatic N) is 2. The lowest BCUT2D eigenvalue weighted by molar-refractivity contribution is 0.181. The van der Waals surface area contributed by atoms with Crippen LogP contribution in [0.4, 0.5) is 0 Å². The van der Waals surface area contributed by atoms with Gasteiger partial charge in [-0.2, -0.15) is 5.10 Å².